The average Bonchev–Trinajstić information content (AvgIpc) is 3.17. The summed E-state index contributed by atoms with van der Waals surface area (Å²) < 4.78 is 1.19. The van der Waals surface area contributed by atoms with Crippen LogP contribution in [0.2, 0.25) is 0 Å². The van der Waals surface area contributed by atoms with Crippen molar-refractivity contribution in [3.8, 4) is 0 Å². The van der Waals surface area contributed by atoms with Gasteiger partial charge >= 0.3 is 0 Å². The van der Waals surface area contributed by atoms with Gasteiger partial charge in [-0.15, -0.1) is 11.3 Å². The van der Waals surface area contributed by atoms with Gasteiger partial charge in [-0.2, -0.15) is 0 Å². The maximum Gasteiger partial charge on any atom is 0.293 e. The standard InChI is InChI=1S/C20H17N5O3S/c26-19-13-9-17(25(27)28)16(10-15(13)21-11-22-19)24-7-5-12(6-8-24)20-23-14-3-1-2-4-18(14)29-20/h1-4,9-12H,5-8H2,(H,21,22,26). The Balaban J connectivity index is 1.44. The summed E-state index contributed by atoms with van der Waals surface area (Å²) in [5, 5.41) is 13.0. The molecule has 1 aliphatic rings. The summed E-state index contributed by atoms with van der Waals surface area (Å²) >= 11 is 1.73. The van der Waals surface area contributed by atoms with Crippen molar-refractivity contribution in [3.05, 3.63) is 68.2 Å². The molecule has 0 spiro atoms. The zero-order valence-corrected chi connectivity index (χ0v) is 16.2. The van der Waals surface area contributed by atoms with Crippen molar-refractivity contribution >= 4 is 43.8 Å². The van der Waals surface area contributed by atoms with E-state index >= 15 is 0 Å². The maximum absolute atomic E-state index is 12.0. The molecular formula is C20H17N5O3S. The van der Waals surface area contributed by atoms with E-state index in [-0.39, 0.29) is 16.6 Å². The molecule has 146 valence electrons. The number of nitrogens with one attached hydrogen (secondary N) is 1. The number of fused-ring (bicyclic) bond motifs is 2. The summed E-state index contributed by atoms with van der Waals surface area (Å²) in [6.07, 6.45) is 3.06. The van der Waals surface area contributed by atoms with E-state index in [9.17, 15) is 14.9 Å². The molecular weight excluding hydrogens is 390 g/mol. The number of nitro benzene ring substituents is 1. The molecule has 8 nitrogen and oxygen atoms in total. The van der Waals surface area contributed by atoms with E-state index in [0.717, 1.165) is 23.4 Å². The molecule has 29 heavy (non-hydrogen) atoms. The lowest BCUT2D eigenvalue weighted by molar-refractivity contribution is -0.384. The van der Waals surface area contributed by atoms with Gasteiger partial charge in [0.2, 0.25) is 0 Å². The molecule has 9 heteroatoms. The predicted octanol–water partition coefficient (Wildman–Crippen LogP) is 3.83. The first-order chi connectivity index (χ1) is 14.1. The molecule has 0 radical (unpaired) electrons. The first kappa shape index (κ1) is 17.7. The third-order valence-electron chi connectivity index (χ3n) is 5.43. The number of hydrogen-bond acceptors (Lipinski definition) is 7. The number of nitro groups is 1. The number of nitrogens with zero attached hydrogens (tertiary/aromatic N) is 4. The van der Waals surface area contributed by atoms with Gasteiger partial charge in [-0.25, -0.2) is 9.97 Å². The smallest absolute Gasteiger partial charge is 0.293 e. The molecule has 2 aromatic heterocycles. The zero-order valence-electron chi connectivity index (χ0n) is 15.4. The van der Waals surface area contributed by atoms with E-state index in [1.54, 1.807) is 17.4 Å². The van der Waals surface area contributed by atoms with Gasteiger partial charge in [-0.05, 0) is 31.0 Å². The van der Waals surface area contributed by atoms with Gasteiger partial charge in [-0.3, -0.25) is 14.9 Å². The number of H-pyrrole nitrogens is 1. The van der Waals surface area contributed by atoms with Gasteiger partial charge in [0.1, 0.15) is 5.69 Å². The van der Waals surface area contributed by atoms with E-state index < -0.39 is 4.92 Å². The molecule has 0 amide bonds. The van der Waals surface area contributed by atoms with Crippen LogP contribution < -0.4 is 10.5 Å². The van der Waals surface area contributed by atoms with Gasteiger partial charge in [0.25, 0.3) is 11.2 Å². The Morgan fingerprint density at radius 1 is 1.17 bits per heavy atom. The number of aromatic amines is 1. The van der Waals surface area contributed by atoms with Crippen LogP contribution in [-0.2, 0) is 0 Å². The fraction of sp³-hybridized carbons (Fsp3) is 0.250. The van der Waals surface area contributed by atoms with E-state index in [4.69, 9.17) is 4.98 Å². The Hall–Kier alpha value is -3.33. The third-order valence-corrected chi connectivity index (χ3v) is 6.63. The second kappa shape index (κ2) is 6.93. The normalized spacial score (nSPS) is 15.2. The molecule has 4 aromatic rings. The van der Waals surface area contributed by atoms with Gasteiger partial charge in [0.15, 0.2) is 0 Å². The summed E-state index contributed by atoms with van der Waals surface area (Å²) in [6, 6.07) is 11.1. The number of para-hydroxylation sites is 1. The van der Waals surface area contributed by atoms with Crippen LogP contribution in [0.3, 0.4) is 0 Å². The molecule has 1 fully saturated rings. The zero-order chi connectivity index (χ0) is 20.0. The van der Waals surface area contributed by atoms with Gasteiger partial charge in [0.05, 0.1) is 37.4 Å². The van der Waals surface area contributed by atoms with Crippen LogP contribution >= 0.6 is 11.3 Å². The molecule has 1 N–H and O–H groups in total. The highest BCUT2D eigenvalue weighted by atomic mass is 32.1. The Kier molecular flexibility index (Phi) is 4.24. The van der Waals surface area contributed by atoms with Crippen molar-refractivity contribution in [2.24, 2.45) is 0 Å². The maximum atomic E-state index is 12.0. The SMILES string of the molecule is O=c1[nH]cnc2cc(N3CCC(c4nc5ccccc5s4)CC3)c([N+](=O)[O-])cc12. The molecule has 0 unspecified atom stereocenters. The minimum atomic E-state index is -0.430. The van der Waals surface area contributed by atoms with Gasteiger partial charge in [-0.1, -0.05) is 12.1 Å². The first-order valence-corrected chi connectivity index (χ1v) is 10.2. The lowest BCUT2D eigenvalue weighted by atomic mass is 9.96. The molecule has 0 aliphatic carbocycles. The molecule has 1 saturated heterocycles. The minimum Gasteiger partial charge on any atom is -0.366 e. The number of piperidine rings is 1. The first-order valence-electron chi connectivity index (χ1n) is 9.36. The summed E-state index contributed by atoms with van der Waals surface area (Å²) in [5.41, 5.74) is 1.57. The largest absolute Gasteiger partial charge is 0.366 e. The number of anilines is 1. The van der Waals surface area contributed by atoms with Crippen LogP contribution in [-0.4, -0.2) is 33.0 Å². The highest BCUT2D eigenvalue weighted by Gasteiger charge is 2.28. The van der Waals surface area contributed by atoms with Crippen molar-refractivity contribution in [1.29, 1.82) is 0 Å². The molecule has 0 bridgehead atoms. The lowest BCUT2D eigenvalue weighted by Crippen LogP contribution is -2.33. The second-order valence-corrected chi connectivity index (χ2v) is 8.19. The predicted molar refractivity (Wildman–Crippen MR) is 113 cm³/mol. The fourth-order valence-electron chi connectivity index (χ4n) is 3.92. The van der Waals surface area contributed by atoms with Crippen molar-refractivity contribution < 1.29 is 4.92 Å². The monoisotopic (exact) mass is 407 g/mol. The number of aromatic nitrogens is 3. The quantitative estimate of drug-likeness (QED) is 0.409. The second-order valence-electron chi connectivity index (χ2n) is 7.13. The van der Waals surface area contributed by atoms with E-state index in [2.05, 4.69) is 16.0 Å². The van der Waals surface area contributed by atoms with Crippen molar-refractivity contribution in [3.63, 3.8) is 0 Å². The highest BCUT2D eigenvalue weighted by molar-refractivity contribution is 7.18. The Bertz CT molecular complexity index is 1260. The van der Waals surface area contributed by atoms with Crippen LogP contribution in [0.25, 0.3) is 21.1 Å². The van der Waals surface area contributed by atoms with Crippen LogP contribution in [0.4, 0.5) is 11.4 Å². The number of rotatable bonds is 3. The molecule has 5 rings (SSSR count). The van der Waals surface area contributed by atoms with Gasteiger partial charge in [0, 0.05) is 25.1 Å². The molecule has 2 aromatic carbocycles. The summed E-state index contributed by atoms with van der Waals surface area (Å²) in [6.45, 7) is 1.38. The van der Waals surface area contributed by atoms with Crippen molar-refractivity contribution in [2.45, 2.75) is 18.8 Å². The van der Waals surface area contributed by atoms with E-state index in [1.165, 1.54) is 17.1 Å². The topological polar surface area (TPSA) is 105 Å². The van der Waals surface area contributed by atoms with Crippen LogP contribution in [0, 0.1) is 10.1 Å². The third kappa shape index (κ3) is 3.13. The lowest BCUT2D eigenvalue weighted by Gasteiger charge is -2.32. The Morgan fingerprint density at radius 2 is 1.97 bits per heavy atom. The number of thiazole rings is 1. The van der Waals surface area contributed by atoms with Gasteiger partial charge < -0.3 is 9.88 Å². The highest BCUT2D eigenvalue weighted by Crippen LogP contribution is 2.38. The summed E-state index contributed by atoms with van der Waals surface area (Å²) in [7, 11) is 0. The Morgan fingerprint density at radius 3 is 2.72 bits per heavy atom. The van der Waals surface area contributed by atoms with Crippen LogP contribution in [0.1, 0.15) is 23.8 Å². The van der Waals surface area contributed by atoms with E-state index in [0.29, 0.717) is 30.2 Å². The molecule has 0 atom stereocenters. The van der Waals surface area contributed by atoms with E-state index in [1.807, 2.05) is 23.1 Å². The molecule has 0 saturated carbocycles. The molecule has 3 heterocycles. The summed E-state index contributed by atoms with van der Waals surface area (Å²) in [5.74, 6) is 0.351. The fourth-order valence-corrected chi connectivity index (χ4v) is 5.06. The number of hydrogen-bond donors (Lipinski definition) is 1. The average molecular weight is 407 g/mol. The number of benzene rings is 2. The van der Waals surface area contributed by atoms with Crippen LogP contribution in [0.15, 0.2) is 47.5 Å². The van der Waals surface area contributed by atoms with Crippen LogP contribution in [0.5, 0.6) is 0 Å². The van der Waals surface area contributed by atoms with Crippen molar-refractivity contribution in [1.82, 2.24) is 15.0 Å². The minimum absolute atomic E-state index is 0.0607. The molecule has 1 aliphatic heterocycles. The van der Waals surface area contributed by atoms with Crippen molar-refractivity contribution in [2.75, 3.05) is 18.0 Å². The Labute approximate surface area is 169 Å². The summed E-state index contributed by atoms with van der Waals surface area (Å²) in [4.78, 5) is 36.6.